The average molecular weight is 405 g/mol. The first-order valence-electron chi connectivity index (χ1n) is 12.8. The summed E-state index contributed by atoms with van der Waals surface area (Å²) >= 11 is 0. The largest absolute Gasteiger partial charge is 0.390 e. The van der Waals surface area contributed by atoms with Crippen LogP contribution in [-0.2, 0) is 0 Å². The number of aliphatic hydroxyl groups is 2. The molecule has 0 bridgehead atoms. The van der Waals surface area contributed by atoms with Gasteiger partial charge in [0.05, 0.1) is 11.2 Å². The molecule has 0 radical (unpaired) electrons. The van der Waals surface area contributed by atoms with Crippen molar-refractivity contribution < 1.29 is 10.2 Å². The second kappa shape index (κ2) is 7.22. The minimum absolute atomic E-state index is 0.422. The third-order valence-electron chi connectivity index (χ3n) is 10.9. The molecule has 0 unspecified atom stereocenters. The van der Waals surface area contributed by atoms with Crippen LogP contribution in [0.2, 0.25) is 0 Å². The van der Waals surface area contributed by atoms with E-state index in [2.05, 4.69) is 27.7 Å². The van der Waals surface area contributed by atoms with E-state index in [9.17, 15) is 10.2 Å². The summed E-state index contributed by atoms with van der Waals surface area (Å²) in [6, 6.07) is 0. The normalized spacial score (nSPS) is 51.1. The second-order valence-corrected chi connectivity index (χ2v) is 13.4. The molecule has 4 saturated carbocycles. The lowest BCUT2D eigenvalue weighted by Crippen LogP contribution is -2.55. The van der Waals surface area contributed by atoms with Crippen molar-refractivity contribution in [2.45, 2.75) is 123 Å². The molecule has 0 aliphatic heterocycles. The summed E-state index contributed by atoms with van der Waals surface area (Å²) in [5.41, 5.74) is 0.0369. The molecule has 0 amide bonds. The fourth-order valence-electron chi connectivity index (χ4n) is 9.19. The van der Waals surface area contributed by atoms with E-state index in [1.54, 1.807) is 0 Å². The van der Waals surface area contributed by atoms with Crippen LogP contribution < -0.4 is 0 Å². The fourth-order valence-corrected chi connectivity index (χ4v) is 9.19. The molecule has 0 aromatic rings. The first-order chi connectivity index (χ1) is 13.4. The van der Waals surface area contributed by atoms with Crippen LogP contribution in [0.5, 0.6) is 0 Å². The van der Waals surface area contributed by atoms with Crippen molar-refractivity contribution in [2.24, 2.45) is 46.3 Å². The van der Waals surface area contributed by atoms with Crippen molar-refractivity contribution in [3.8, 4) is 0 Å². The quantitative estimate of drug-likeness (QED) is 0.555. The number of hydrogen-bond acceptors (Lipinski definition) is 2. The van der Waals surface area contributed by atoms with E-state index < -0.39 is 11.2 Å². The van der Waals surface area contributed by atoms with E-state index in [0.29, 0.717) is 10.8 Å². The highest BCUT2D eigenvalue weighted by atomic mass is 16.3. The van der Waals surface area contributed by atoms with Crippen LogP contribution in [0.3, 0.4) is 0 Å². The van der Waals surface area contributed by atoms with Crippen molar-refractivity contribution in [3.05, 3.63) is 0 Å². The van der Waals surface area contributed by atoms with Gasteiger partial charge in [0.1, 0.15) is 0 Å². The molecule has 0 aromatic heterocycles. The lowest BCUT2D eigenvalue weighted by atomic mass is 9.43. The molecule has 2 nitrogen and oxygen atoms in total. The maximum Gasteiger partial charge on any atom is 0.0622 e. The summed E-state index contributed by atoms with van der Waals surface area (Å²) in [5.74, 6) is 5.03. The zero-order valence-corrected chi connectivity index (χ0v) is 20.1. The molecule has 0 saturated heterocycles. The maximum atomic E-state index is 10.7. The zero-order chi connectivity index (χ0) is 21.2. The fraction of sp³-hybridized carbons (Fsp3) is 1.00. The van der Waals surface area contributed by atoms with Gasteiger partial charge in [0.25, 0.3) is 0 Å². The smallest absolute Gasteiger partial charge is 0.0622 e. The van der Waals surface area contributed by atoms with Gasteiger partial charge in [-0.2, -0.15) is 0 Å². The third-order valence-corrected chi connectivity index (χ3v) is 10.9. The highest BCUT2D eigenvalue weighted by Gasteiger charge is 2.61. The summed E-state index contributed by atoms with van der Waals surface area (Å²) in [6.07, 6.45) is 13.8. The molecule has 4 rings (SSSR count). The first kappa shape index (κ1) is 22.1. The molecule has 2 heteroatoms. The Kier molecular flexibility index (Phi) is 5.51. The van der Waals surface area contributed by atoms with Gasteiger partial charge in [-0.3, -0.25) is 0 Å². The Balaban J connectivity index is 1.49. The second-order valence-electron chi connectivity index (χ2n) is 13.4. The molecule has 0 spiro atoms. The van der Waals surface area contributed by atoms with Crippen molar-refractivity contribution in [1.29, 1.82) is 0 Å². The Bertz CT molecular complexity index is 604. The van der Waals surface area contributed by atoms with Crippen molar-refractivity contribution in [2.75, 3.05) is 0 Å². The predicted molar refractivity (Wildman–Crippen MR) is 121 cm³/mol. The Morgan fingerprint density at radius 1 is 0.897 bits per heavy atom. The summed E-state index contributed by atoms with van der Waals surface area (Å²) in [6.45, 7) is 13.7. The molecule has 0 aromatic carbocycles. The van der Waals surface area contributed by atoms with Gasteiger partial charge >= 0.3 is 0 Å². The first-order valence-corrected chi connectivity index (χ1v) is 12.8. The van der Waals surface area contributed by atoms with Crippen LogP contribution >= 0.6 is 0 Å². The Hall–Kier alpha value is -0.0800. The highest BCUT2D eigenvalue weighted by Crippen LogP contribution is 2.68. The number of fused-ring (bicyclic) bond motifs is 5. The van der Waals surface area contributed by atoms with Gasteiger partial charge in [-0.05, 0) is 138 Å². The molecule has 168 valence electrons. The minimum Gasteiger partial charge on any atom is -0.390 e. The van der Waals surface area contributed by atoms with E-state index in [1.165, 1.54) is 51.4 Å². The van der Waals surface area contributed by atoms with Gasteiger partial charge in [-0.1, -0.05) is 20.8 Å². The maximum absolute atomic E-state index is 10.7. The van der Waals surface area contributed by atoms with E-state index in [4.69, 9.17) is 0 Å². The number of rotatable bonds is 4. The Morgan fingerprint density at radius 2 is 1.59 bits per heavy atom. The van der Waals surface area contributed by atoms with Crippen LogP contribution in [0.1, 0.15) is 112 Å². The Labute approximate surface area is 180 Å². The molecule has 2 N–H and O–H groups in total. The van der Waals surface area contributed by atoms with Crippen LogP contribution in [0.15, 0.2) is 0 Å². The van der Waals surface area contributed by atoms with Crippen molar-refractivity contribution in [3.63, 3.8) is 0 Å². The van der Waals surface area contributed by atoms with E-state index in [-0.39, 0.29) is 0 Å². The van der Waals surface area contributed by atoms with Crippen molar-refractivity contribution >= 4 is 0 Å². The van der Waals surface area contributed by atoms with Crippen LogP contribution in [-0.4, -0.2) is 21.4 Å². The topological polar surface area (TPSA) is 40.5 Å². The van der Waals surface area contributed by atoms with Gasteiger partial charge in [-0.25, -0.2) is 0 Å². The molecular weight excluding hydrogens is 356 g/mol. The average Bonchev–Trinajstić information content (AvgIpc) is 2.97. The van der Waals surface area contributed by atoms with Crippen molar-refractivity contribution in [1.82, 2.24) is 0 Å². The van der Waals surface area contributed by atoms with Crippen LogP contribution in [0.25, 0.3) is 0 Å². The summed E-state index contributed by atoms with van der Waals surface area (Å²) < 4.78 is 0. The van der Waals surface area contributed by atoms with Gasteiger partial charge in [0.15, 0.2) is 0 Å². The monoisotopic (exact) mass is 404 g/mol. The Morgan fingerprint density at radius 3 is 2.28 bits per heavy atom. The molecule has 0 heterocycles. The molecule has 29 heavy (non-hydrogen) atoms. The standard InChI is InChI=1S/C27H48O2/c1-18(11-13-24(2,3)28)21-9-10-22-20-8-7-19-17-25(4,29)15-16-26(19,5)23(20)12-14-27(21,22)6/h18-23,28-29H,7-17H2,1-6H3/t18-,19+,20+,21-,22+,23+,25-,26+,27-/m1/s1. The van der Waals surface area contributed by atoms with Gasteiger partial charge in [0.2, 0.25) is 0 Å². The van der Waals surface area contributed by atoms with Gasteiger partial charge in [-0.15, -0.1) is 0 Å². The van der Waals surface area contributed by atoms with Crippen LogP contribution in [0, 0.1) is 46.3 Å². The molecule has 4 aliphatic carbocycles. The zero-order valence-electron chi connectivity index (χ0n) is 20.1. The van der Waals surface area contributed by atoms with E-state index in [0.717, 1.165) is 54.8 Å². The third kappa shape index (κ3) is 3.84. The SMILES string of the molecule is C[C@H](CCC(C)(C)O)[C@H]1CC[C@H]2[C@@H]3CC[C@H]4C[C@](C)(O)CC[C@]4(C)[C@H]3CC[C@]12C. The number of hydrogen-bond donors (Lipinski definition) is 2. The summed E-state index contributed by atoms with van der Waals surface area (Å²) in [5, 5.41) is 20.9. The van der Waals surface area contributed by atoms with Crippen LogP contribution in [0.4, 0.5) is 0 Å². The summed E-state index contributed by atoms with van der Waals surface area (Å²) in [4.78, 5) is 0. The van der Waals surface area contributed by atoms with E-state index in [1.807, 2.05) is 13.8 Å². The molecule has 9 atom stereocenters. The predicted octanol–water partition coefficient (Wildman–Crippen LogP) is 6.58. The highest BCUT2D eigenvalue weighted by molar-refractivity contribution is 5.10. The van der Waals surface area contributed by atoms with Gasteiger partial charge in [0, 0.05) is 0 Å². The van der Waals surface area contributed by atoms with E-state index >= 15 is 0 Å². The lowest BCUT2D eigenvalue weighted by Gasteiger charge is -2.62. The minimum atomic E-state index is -0.528. The van der Waals surface area contributed by atoms with Gasteiger partial charge < -0.3 is 10.2 Å². The molecule has 4 fully saturated rings. The summed E-state index contributed by atoms with van der Waals surface area (Å²) in [7, 11) is 0. The molecule has 4 aliphatic rings. The molecular formula is C27H48O2. The lowest BCUT2D eigenvalue weighted by molar-refractivity contribution is -0.148.